The van der Waals surface area contributed by atoms with Crippen LogP contribution < -0.4 is 14.8 Å². The van der Waals surface area contributed by atoms with Gasteiger partial charge in [-0.1, -0.05) is 17.7 Å². The number of thiophene rings is 1. The molecule has 0 unspecified atom stereocenters. The van der Waals surface area contributed by atoms with Crippen LogP contribution in [0.25, 0.3) is 10.6 Å². The molecule has 0 radical (unpaired) electrons. The molecule has 26 heavy (non-hydrogen) atoms. The Morgan fingerprint density at radius 2 is 1.96 bits per heavy atom. The minimum atomic E-state index is -0.246. The number of aryl methyl sites for hydroxylation is 1. The number of amides is 1. The van der Waals surface area contributed by atoms with Crippen molar-refractivity contribution in [3.05, 3.63) is 52.0 Å². The van der Waals surface area contributed by atoms with Gasteiger partial charge in [-0.15, -0.1) is 11.3 Å². The number of hydrogen-bond acceptors (Lipinski definition) is 5. The fourth-order valence-corrected chi connectivity index (χ4v) is 3.61. The zero-order valence-electron chi connectivity index (χ0n) is 14.6. The fraction of sp³-hybridized carbons (Fsp3) is 0.222. The van der Waals surface area contributed by atoms with Gasteiger partial charge in [0, 0.05) is 13.6 Å². The van der Waals surface area contributed by atoms with Gasteiger partial charge in [-0.05, 0) is 35.9 Å². The summed E-state index contributed by atoms with van der Waals surface area (Å²) in [4.78, 5) is 13.4. The van der Waals surface area contributed by atoms with Crippen LogP contribution in [0.1, 0.15) is 16.1 Å². The Bertz CT molecular complexity index is 936. The molecule has 2 aromatic heterocycles. The molecular formula is C18H18ClN3O3S. The van der Waals surface area contributed by atoms with Crippen LogP contribution in [-0.4, -0.2) is 29.9 Å². The molecule has 0 atom stereocenters. The van der Waals surface area contributed by atoms with Crippen molar-refractivity contribution < 1.29 is 14.3 Å². The van der Waals surface area contributed by atoms with Crippen molar-refractivity contribution >= 4 is 28.8 Å². The minimum Gasteiger partial charge on any atom is -0.493 e. The van der Waals surface area contributed by atoms with E-state index in [2.05, 4.69) is 10.4 Å². The Kier molecular flexibility index (Phi) is 5.49. The molecule has 0 spiro atoms. The third kappa shape index (κ3) is 3.84. The minimum absolute atomic E-state index is 0.246. The molecule has 0 aliphatic rings. The molecule has 0 saturated heterocycles. The molecule has 2 heterocycles. The highest BCUT2D eigenvalue weighted by atomic mass is 35.5. The quantitative estimate of drug-likeness (QED) is 0.695. The van der Waals surface area contributed by atoms with E-state index in [4.69, 9.17) is 21.1 Å². The Balaban J connectivity index is 1.71. The largest absolute Gasteiger partial charge is 0.493 e. The number of aromatic nitrogens is 2. The van der Waals surface area contributed by atoms with Crippen molar-refractivity contribution in [1.29, 1.82) is 0 Å². The summed E-state index contributed by atoms with van der Waals surface area (Å²) in [5.74, 6) is 1.02. The van der Waals surface area contributed by atoms with Crippen LogP contribution in [-0.2, 0) is 13.6 Å². The predicted octanol–water partition coefficient (Wildman–Crippen LogP) is 3.75. The first kappa shape index (κ1) is 18.3. The number of carbonyl (C=O) groups is 1. The van der Waals surface area contributed by atoms with Crippen LogP contribution in [0.3, 0.4) is 0 Å². The lowest BCUT2D eigenvalue weighted by atomic mass is 10.2. The van der Waals surface area contributed by atoms with Gasteiger partial charge in [0.2, 0.25) is 0 Å². The van der Waals surface area contributed by atoms with E-state index in [1.807, 2.05) is 24.3 Å². The normalized spacial score (nSPS) is 10.6. The fourth-order valence-electron chi connectivity index (χ4n) is 2.52. The van der Waals surface area contributed by atoms with Crippen LogP contribution in [0.5, 0.6) is 11.5 Å². The molecule has 6 nitrogen and oxygen atoms in total. The number of nitrogens with zero attached hydrogens (tertiary/aromatic N) is 2. The molecule has 1 N–H and O–H groups in total. The van der Waals surface area contributed by atoms with Gasteiger partial charge in [-0.2, -0.15) is 5.10 Å². The molecule has 0 saturated carbocycles. The van der Waals surface area contributed by atoms with Crippen molar-refractivity contribution in [3.8, 4) is 22.1 Å². The van der Waals surface area contributed by atoms with Crippen LogP contribution in [0, 0.1) is 0 Å². The Morgan fingerprint density at radius 3 is 2.62 bits per heavy atom. The molecule has 136 valence electrons. The zero-order valence-corrected chi connectivity index (χ0v) is 16.1. The third-order valence-corrected chi connectivity index (χ3v) is 5.09. The van der Waals surface area contributed by atoms with E-state index in [0.29, 0.717) is 28.1 Å². The number of halogens is 1. The van der Waals surface area contributed by atoms with Gasteiger partial charge in [0.25, 0.3) is 5.91 Å². The average Bonchev–Trinajstić information content (AvgIpc) is 3.24. The lowest BCUT2D eigenvalue weighted by molar-refractivity contribution is 0.0945. The van der Waals surface area contributed by atoms with Gasteiger partial charge in [-0.25, -0.2) is 0 Å². The highest BCUT2D eigenvalue weighted by molar-refractivity contribution is 7.19. The lowest BCUT2D eigenvalue weighted by Gasteiger charge is -2.10. The van der Waals surface area contributed by atoms with Gasteiger partial charge in [-0.3, -0.25) is 9.48 Å². The second kappa shape index (κ2) is 7.80. The van der Waals surface area contributed by atoms with Gasteiger partial charge >= 0.3 is 0 Å². The maximum absolute atomic E-state index is 12.4. The average molecular weight is 392 g/mol. The Labute approximate surface area is 160 Å². The maximum atomic E-state index is 12.4. The van der Waals surface area contributed by atoms with Crippen LogP contribution in [0.2, 0.25) is 4.34 Å². The highest BCUT2D eigenvalue weighted by Crippen LogP contribution is 2.31. The molecule has 0 fully saturated rings. The summed E-state index contributed by atoms with van der Waals surface area (Å²) in [6.45, 7) is 0.357. The highest BCUT2D eigenvalue weighted by Gasteiger charge is 2.15. The standard InChI is InChI=1S/C18H18ClN3O3S/c1-22-13(16-6-7-17(19)26-16)9-12(21-22)18(23)20-10-11-4-5-14(24-2)15(8-11)25-3/h4-9H,10H2,1-3H3,(H,20,23). The molecule has 3 aromatic rings. The first-order chi connectivity index (χ1) is 12.5. The van der Waals surface area contributed by atoms with E-state index < -0.39 is 0 Å². The van der Waals surface area contributed by atoms with Crippen molar-refractivity contribution in [1.82, 2.24) is 15.1 Å². The summed E-state index contributed by atoms with van der Waals surface area (Å²) in [6.07, 6.45) is 0. The molecular weight excluding hydrogens is 374 g/mol. The van der Waals surface area contributed by atoms with E-state index in [-0.39, 0.29) is 5.91 Å². The van der Waals surface area contributed by atoms with Crippen LogP contribution >= 0.6 is 22.9 Å². The number of rotatable bonds is 6. The summed E-state index contributed by atoms with van der Waals surface area (Å²) in [5, 5.41) is 7.16. The van der Waals surface area contributed by atoms with Crippen molar-refractivity contribution in [2.45, 2.75) is 6.54 Å². The van der Waals surface area contributed by atoms with Gasteiger partial charge in [0.05, 0.1) is 29.1 Å². The topological polar surface area (TPSA) is 65.4 Å². The van der Waals surface area contributed by atoms with Crippen molar-refractivity contribution in [3.63, 3.8) is 0 Å². The third-order valence-electron chi connectivity index (χ3n) is 3.84. The van der Waals surface area contributed by atoms with Gasteiger partial charge < -0.3 is 14.8 Å². The molecule has 1 amide bonds. The van der Waals surface area contributed by atoms with E-state index >= 15 is 0 Å². The summed E-state index contributed by atoms with van der Waals surface area (Å²) >= 11 is 7.43. The molecule has 8 heteroatoms. The molecule has 0 bridgehead atoms. The maximum Gasteiger partial charge on any atom is 0.272 e. The van der Waals surface area contributed by atoms with E-state index in [1.54, 1.807) is 38.1 Å². The number of benzene rings is 1. The summed E-state index contributed by atoms with van der Waals surface area (Å²) in [5.41, 5.74) is 2.10. The lowest BCUT2D eigenvalue weighted by Crippen LogP contribution is -2.23. The van der Waals surface area contributed by atoms with Crippen molar-refractivity contribution in [2.75, 3.05) is 14.2 Å². The number of ether oxygens (including phenoxy) is 2. The number of methoxy groups -OCH3 is 2. The molecule has 0 aliphatic heterocycles. The SMILES string of the molecule is COc1ccc(CNC(=O)c2cc(-c3ccc(Cl)s3)n(C)n2)cc1OC. The summed E-state index contributed by atoms with van der Waals surface area (Å²) in [7, 11) is 4.96. The summed E-state index contributed by atoms with van der Waals surface area (Å²) < 4.78 is 12.9. The second-order valence-electron chi connectivity index (χ2n) is 5.51. The summed E-state index contributed by atoms with van der Waals surface area (Å²) in [6, 6.07) is 11.0. The first-order valence-corrected chi connectivity index (χ1v) is 9.00. The van der Waals surface area contributed by atoms with Gasteiger partial charge in [0.1, 0.15) is 0 Å². The molecule has 0 aliphatic carbocycles. The molecule has 3 rings (SSSR count). The smallest absolute Gasteiger partial charge is 0.272 e. The van der Waals surface area contributed by atoms with E-state index in [9.17, 15) is 4.79 Å². The predicted molar refractivity (Wildman–Crippen MR) is 102 cm³/mol. The van der Waals surface area contributed by atoms with Crippen LogP contribution in [0.4, 0.5) is 0 Å². The van der Waals surface area contributed by atoms with Crippen LogP contribution in [0.15, 0.2) is 36.4 Å². The second-order valence-corrected chi connectivity index (χ2v) is 7.23. The van der Waals surface area contributed by atoms with E-state index in [0.717, 1.165) is 16.1 Å². The van der Waals surface area contributed by atoms with Gasteiger partial charge in [0.15, 0.2) is 17.2 Å². The van der Waals surface area contributed by atoms with E-state index in [1.165, 1.54) is 11.3 Å². The number of hydrogen-bond donors (Lipinski definition) is 1. The zero-order chi connectivity index (χ0) is 18.7. The number of carbonyl (C=O) groups excluding carboxylic acids is 1. The monoisotopic (exact) mass is 391 g/mol. The Hall–Kier alpha value is -2.51. The van der Waals surface area contributed by atoms with Crippen molar-refractivity contribution in [2.24, 2.45) is 7.05 Å². The molecule has 1 aromatic carbocycles. The number of nitrogens with one attached hydrogen (secondary N) is 1. The Morgan fingerprint density at radius 1 is 1.19 bits per heavy atom. The first-order valence-electron chi connectivity index (χ1n) is 7.80.